The monoisotopic (exact) mass is 348 g/mol. The molecule has 0 aromatic heterocycles. The molecule has 23 heavy (non-hydrogen) atoms. The molecule has 2 N–H and O–H groups in total. The Kier molecular flexibility index (Phi) is 6.84. The zero-order valence-electron chi connectivity index (χ0n) is 12.4. The van der Waals surface area contributed by atoms with Gasteiger partial charge in [0.25, 0.3) is 0 Å². The van der Waals surface area contributed by atoms with Crippen molar-refractivity contribution in [2.75, 3.05) is 11.9 Å². The minimum Gasteiger partial charge on any atom is -0.494 e. The van der Waals surface area contributed by atoms with Gasteiger partial charge in [0.2, 0.25) is 5.91 Å². The van der Waals surface area contributed by atoms with Gasteiger partial charge < -0.3 is 15.4 Å². The van der Waals surface area contributed by atoms with Gasteiger partial charge in [0.05, 0.1) is 17.3 Å². The van der Waals surface area contributed by atoms with Gasteiger partial charge in [-0.1, -0.05) is 41.9 Å². The van der Waals surface area contributed by atoms with E-state index < -0.39 is 0 Å². The molecule has 0 unspecified atom stereocenters. The maximum absolute atomic E-state index is 11.8. The van der Waals surface area contributed by atoms with Crippen LogP contribution >= 0.6 is 23.8 Å². The number of rotatable bonds is 6. The number of nitrogens with one attached hydrogen (secondary N) is 2. The Morgan fingerprint density at radius 3 is 2.52 bits per heavy atom. The molecule has 2 aromatic carbocycles. The normalized spacial score (nSPS) is 9.96. The topological polar surface area (TPSA) is 50.4 Å². The maximum atomic E-state index is 11.8. The third-order valence-corrected chi connectivity index (χ3v) is 3.47. The van der Waals surface area contributed by atoms with Crippen LogP contribution in [0.4, 0.5) is 5.69 Å². The van der Waals surface area contributed by atoms with E-state index in [2.05, 4.69) is 10.6 Å². The number of hydrogen-bond donors (Lipinski definition) is 2. The Morgan fingerprint density at radius 1 is 1.09 bits per heavy atom. The van der Waals surface area contributed by atoms with E-state index in [4.69, 9.17) is 28.6 Å². The lowest BCUT2D eigenvalue weighted by Crippen LogP contribution is -2.34. The van der Waals surface area contributed by atoms with Crippen LogP contribution in [0.2, 0.25) is 5.02 Å². The van der Waals surface area contributed by atoms with Crippen molar-refractivity contribution in [2.45, 2.75) is 12.8 Å². The van der Waals surface area contributed by atoms with Crippen LogP contribution in [0.5, 0.6) is 5.75 Å². The molecule has 0 spiro atoms. The van der Waals surface area contributed by atoms with Gasteiger partial charge in [-0.15, -0.1) is 0 Å². The molecule has 0 heterocycles. The van der Waals surface area contributed by atoms with Crippen molar-refractivity contribution >= 4 is 40.5 Å². The third-order valence-electron chi connectivity index (χ3n) is 2.94. The Hall–Kier alpha value is -2.11. The number of carbonyl (C=O) groups is 1. The zero-order chi connectivity index (χ0) is 16.5. The van der Waals surface area contributed by atoms with Crippen molar-refractivity contribution < 1.29 is 9.53 Å². The molecule has 0 saturated carbocycles. The molecule has 0 aliphatic rings. The first-order valence-electron chi connectivity index (χ1n) is 7.18. The van der Waals surface area contributed by atoms with E-state index >= 15 is 0 Å². The van der Waals surface area contributed by atoms with Gasteiger partial charge in [-0.2, -0.15) is 0 Å². The minimum absolute atomic E-state index is 0.161. The molecule has 0 aliphatic carbocycles. The average Bonchev–Trinajstić information content (AvgIpc) is 2.55. The fraction of sp³-hybridized carbons (Fsp3) is 0.176. The first-order chi connectivity index (χ1) is 11.1. The molecule has 0 radical (unpaired) electrons. The van der Waals surface area contributed by atoms with Crippen molar-refractivity contribution in [2.24, 2.45) is 0 Å². The molecule has 0 saturated heterocycles. The van der Waals surface area contributed by atoms with E-state index in [1.165, 1.54) is 0 Å². The fourth-order valence-electron chi connectivity index (χ4n) is 1.84. The largest absolute Gasteiger partial charge is 0.494 e. The Morgan fingerprint density at radius 2 is 1.78 bits per heavy atom. The molecule has 2 rings (SSSR count). The van der Waals surface area contributed by atoms with E-state index in [1.54, 1.807) is 12.1 Å². The molecule has 0 bridgehead atoms. The SMILES string of the molecule is O=C(CCCOc1ccccc1)NC(=S)Nc1ccccc1Cl. The summed E-state index contributed by atoms with van der Waals surface area (Å²) in [6.45, 7) is 0.474. The van der Waals surface area contributed by atoms with Gasteiger partial charge in [0.1, 0.15) is 5.75 Å². The summed E-state index contributed by atoms with van der Waals surface area (Å²) in [7, 11) is 0. The van der Waals surface area contributed by atoms with E-state index in [1.807, 2.05) is 42.5 Å². The van der Waals surface area contributed by atoms with Crippen LogP contribution in [-0.4, -0.2) is 17.6 Å². The molecular formula is C17H17ClN2O2S. The van der Waals surface area contributed by atoms with Crippen LogP contribution in [-0.2, 0) is 4.79 Å². The van der Waals surface area contributed by atoms with Gasteiger partial charge in [-0.25, -0.2) is 0 Å². The van der Waals surface area contributed by atoms with Gasteiger partial charge in [-0.05, 0) is 42.9 Å². The molecule has 0 atom stereocenters. The van der Waals surface area contributed by atoms with E-state index in [9.17, 15) is 4.79 Å². The highest BCUT2D eigenvalue weighted by Crippen LogP contribution is 2.20. The van der Waals surface area contributed by atoms with E-state index in [0.29, 0.717) is 30.2 Å². The first-order valence-corrected chi connectivity index (χ1v) is 7.97. The van der Waals surface area contributed by atoms with Crippen molar-refractivity contribution in [3.63, 3.8) is 0 Å². The molecule has 6 heteroatoms. The smallest absolute Gasteiger partial charge is 0.226 e. The van der Waals surface area contributed by atoms with Crippen LogP contribution in [0.25, 0.3) is 0 Å². The summed E-state index contributed by atoms with van der Waals surface area (Å²) >= 11 is 11.1. The molecule has 1 amide bonds. The maximum Gasteiger partial charge on any atom is 0.226 e. The van der Waals surface area contributed by atoms with Crippen molar-refractivity contribution in [1.29, 1.82) is 0 Å². The number of hydrogen-bond acceptors (Lipinski definition) is 3. The average molecular weight is 349 g/mol. The van der Waals surface area contributed by atoms with Gasteiger partial charge in [0, 0.05) is 6.42 Å². The fourth-order valence-corrected chi connectivity index (χ4v) is 2.25. The lowest BCUT2D eigenvalue weighted by atomic mass is 10.3. The number of para-hydroxylation sites is 2. The second kappa shape index (κ2) is 9.12. The molecule has 0 aliphatic heterocycles. The molecular weight excluding hydrogens is 332 g/mol. The Balaban J connectivity index is 1.66. The van der Waals surface area contributed by atoms with Crippen molar-refractivity contribution in [3.05, 3.63) is 59.6 Å². The van der Waals surface area contributed by atoms with Crippen LogP contribution in [0.3, 0.4) is 0 Å². The summed E-state index contributed by atoms with van der Waals surface area (Å²) in [6.07, 6.45) is 0.937. The lowest BCUT2D eigenvalue weighted by molar-refractivity contribution is -0.119. The highest BCUT2D eigenvalue weighted by Gasteiger charge is 2.06. The summed E-state index contributed by atoms with van der Waals surface area (Å²) in [4.78, 5) is 11.8. The van der Waals surface area contributed by atoms with Gasteiger partial charge in [-0.3, -0.25) is 4.79 Å². The van der Waals surface area contributed by atoms with Gasteiger partial charge >= 0.3 is 0 Å². The number of halogens is 1. The molecule has 2 aromatic rings. The highest BCUT2D eigenvalue weighted by molar-refractivity contribution is 7.80. The number of thiocarbonyl (C=S) groups is 1. The van der Waals surface area contributed by atoms with Crippen LogP contribution in [0.1, 0.15) is 12.8 Å². The molecule has 120 valence electrons. The molecule has 0 fully saturated rings. The zero-order valence-corrected chi connectivity index (χ0v) is 14.0. The van der Waals surface area contributed by atoms with Crippen molar-refractivity contribution in [3.8, 4) is 5.75 Å². The standard InChI is InChI=1S/C17H17ClN2O2S/c18-14-9-4-5-10-15(14)19-17(23)20-16(21)11-6-12-22-13-7-2-1-3-8-13/h1-5,7-10H,6,11-12H2,(H2,19,20,21,23). The summed E-state index contributed by atoms with van der Waals surface area (Å²) < 4.78 is 5.53. The first kappa shape index (κ1) is 17.2. The summed E-state index contributed by atoms with van der Waals surface area (Å²) in [5.41, 5.74) is 0.659. The van der Waals surface area contributed by atoms with Crippen LogP contribution in [0.15, 0.2) is 54.6 Å². The summed E-state index contributed by atoms with van der Waals surface area (Å²) in [5.74, 6) is 0.634. The summed E-state index contributed by atoms with van der Waals surface area (Å²) in [6, 6.07) is 16.7. The number of amides is 1. The van der Waals surface area contributed by atoms with E-state index in [-0.39, 0.29) is 11.0 Å². The number of carbonyl (C=O) groups excluding carboxylic acids is 1. The second-order valence-electron chi connectivity index (χ2n) is 4.75. The highest BCUT2D eigenvalue weighted by atomic mass is 35.5. The third kappa shape index (κ3) is 6.26. The lowest BCUT2D eigenvalue weighted by Gasteiger charge is -2.11. The minimum atomic E-state index is -0.161. The molecule has 4 nitrogen and oxygen atoms in total. The summed E-state index contributed by atoms with van der Waals surface area (Å²) in [5, 5.41) is 6.29. The Labute approximate surface area is 145 Å². The number of ether oxygens (including phenoxy) is 1. The Bertz CT molecular complexity index is 665. The van der Waals surface area contributed by atoms with Crippen LogP contribution in [0, 0.1) is 0 Å². The van der Waals surface area contributed by atoms with E-state index in [0.717, 1.165) is 5.75 Å². The van der Waals surface area contributed by atoms with Gasteiger partial charge in [0.15, 0.2) is 5.11 Å². The predicted octanol–water partition coefficient (Wildman–Crippen LogP) is 4.01. The predicted molar refractivity (Wildman–Crippen MR) is 97.0 cm³/mol. The number of benzene rings is 2. The van der Waals surface area contributed by atoms with Crippen LogP contribution < -0.4 is 15.4 Å². The number of anilines is 1. The van der Waals surface area contributed by atoms with Crippen molar-refractivity contribution in [1.82, 2.24) is 5.32 Å². The quantitative estimate of drug-likeness (QED) is 0.611. The second-order valence-corrected chi connectivity index (χ2v) is 5.56.